The molecule has 168 valence electrons. The molecule has 1 fully saturated rings. The lowest BCUT2D eigenvalue weighted by Crippen LogP contribution is -2.46. The van der Waals surface area contributed by atoms with Crippen LogP contribution in [0.1, 0.15) is 36.9 Å². The van der Waals surface area contributed by atoms with Gasteiger partial charge in [-0.2, -0.15) is 0 Å². The first-order chi connectivity index (χ1) is 14.7. The minimum Gasteiger partial charge on any atom is -0.496 e. The Hall–Kier alpha value is -1.80. The van der Waals surface area contributed by atoms with Gasteiger partial charge in [-0.05, 0) is 38.0 Å². The molecule has 2 aromatic rings. The van der Waals surface area contributed by atoms with Gasteiger partial charge in [-0.15, -0.1) is 0 Å². The number of rotatable bonds is 7. The zero-order valence-corrected chi connectivity index (χ0v) is 19.8. The molecule has 1 aliphatic heterocycles. The molecule has 1 aliphatic rings. The van der Waals surface area contributed by atoms with Crippen LogP contribution in [0.2, 0.25) is 10.0 Å². The summed E-state index contributed by atoms with van der Waals surface area (Å²) >= 11 is 12.3. The molecule has 6 nitrogen and oxygen atoms in total. The van der Waals surface area contributed by atoms with Gasteiger partial charge in [0.1, 0.15) is 5.75 Å². The highest BCUT2D eigenvalue weighted by Crippen LogP contribution is 2.30. The lowest BCUT2D eigenvalue weighted by Gasteiger charge is -2.32. The number of nitrogens with one attached hydrogen (secondary N) is 1. The number of piperidine rings is 1. The van der Waals surface area contributed by atoms with Crippen molar-refractivity contribution in [3.63, 3.8) is 0 Å². The van der Waals surface area contributed by atoms with Gasteiger partial charge in [0.15, 0.2) is 0 Å². The number of sulfonamides is 1. The number of hydrogen-bond donors (Lipinski definition) is 1. The van der Waals surface area contributed by atoms with E-state index in [0.717, 1.165) is 5.56 Å². The van der Waals surface area contributed by atoms with Crippen molar-refractivity contribution >= 4 is 39.1 Å². The van der Waals surface area contributed by atoms with Crippen LogP contribution in [0.4, 0.5) is 0 Å². The second-order valence-electron chi connectivity index (χ2n) is 7.63. The Balaban J connectivity index is 1.68. The summed E-state index contributed by atoms with van der Waals surface area (Å²) < 4.78 is 32.8. The maximum atomic E-state index is 13.0. The molecule has 1 saturated heterocycles. The molecule has 1 heterocycles. The van der Waals surface area contributed by atoms with Gasteiger partial charge in [0, 0.05) is 34.3 Å². The zero-order valence-electron chi connectivity index (χ0n) is 17.5. The van der Waals surface area contributed by atoms with Gasteiger partial charge in [-0.1, -0.05) is 47.5 Å². The van der Waals surface area contributed by atoms with Crippen LogP contribution in [0.25, 0.3) is 0 Å². The molecule has 1 N–H and O–H groups in total. The molecule has 31 heavy (non-hydrogen) atoms. The number of para-hydroxylation sites is 1. The van der Waals surface area contributed by atoms with Crippen molar-refractivity contribution in [2.45, 2.75) is 31.6 Å². The van der Waals surface area contributed by atoms with Crippen LogP contribution in [0.15, 0.2) is 42.5 Å². The third-order valence-electron chi connectivity index (χ3n) is 5.50. The Bertz CT molecular complexity index is 1030. The Kier molecular flexibility index (Phi) is 7.86. The van der Waals surface area contributed by atoms with Crippen LogP contribution < -0.4 is 10.1 Å². The number of ether oxygens (including phenoxy) is 1. The van der Waals surface area contributed by atoms with Gasteiger partial charge in [0.2, 0.25) is 15.9 Å². The van der Waals surface area contributed by atoms with E-state index in [4.69, 9.17) is 27.9 Å². The monoisotopic (exact) mass is 484 g/mol. The molecule has 0 aliphatic carbocycles. The summed E-state index contributed by atoms with van der Waals surface area (Å²) in [5, 5.41) is 3.62. The van der Waals surface area contributed by atoms with E-state index in [1.807, 2.05) is 31.2 Å². The first-order valence-electron chi connectivity index (χ1n) is 10.1. The normalized spacial score (nSPS) is 18.4. The van der Waals surface area contributed by atoms with Gasteiger partial charge in [-0.3, -0.25) is 4.79 Å². The number of amides is 1. The third kappa shape index (κ3) is 5.71. The Morgan fingerprint density at radius 1 is 1.19 bits per heavy atom. The molecule has 9 heteroatoms. The van der Waals surface area contributed by atoms with Gasteiger partial charge in [0.05, 0.1) is 24.8 Å². The number of halogens is 2. The number of carbonyl (C=O) groups is 1. The molecule has 2 aromatic carbocycles. The number of carbonyl (C=O) groups excluding carboxylic acids is 1. The van der Waals surface area contributed by atoms with Crippen molar-refractivity contribution < 1.29 is 17.9 Å². The fourth-order valence-corrected chi connectivity index (χ4v) is 6.15. The fourth-order valence-electron chi connectivity index (χ4n) is 3.79. The average molecular weight is 485 g/mol. The number of benzene rings is 2. The number of methoxy groups -OCH3 is 1. The highest BCUT2D eigenvalue weighted by Gasteiger charge is 2.33. The summed E-state index contributed by atoms with van der Waals surface area (Å²) in [6.07, 6.45) is 1.24. The first kappa shape index (κ1) is 23.9. The van der Waals surface area contributed by atoms with E-state index in [1.165, 1.54) is 4.31 Å². The minimum atomic E-state index is -3.67. The van der Waals surface area contributed by atoms with Crippen LogP contribution in [0.5, 0.6) is 5.75 Å². The van der Waals surface area contributed by atoms with E-state index < -0.39 is 15.9 Å². The van der Waals surface area contributed by atoms with Crippen LogP contribution in [-0.4, -0.2) is 38.8 Å². The first-order valence-corrected chi connectivity index (χ1v) is 12.4. The summed E-state index contributed by atoms with van der Waals surface area (Å²) in [5.41, 5.74) is 1.24. The molecule has 2 unspecified atom stereocenters. The molecule has 3 rings (SSSR count). The van der Waals surface area contributed by atoms with E-state index in [1.54, 1.807) is 25.3 Å². The molecule has 0 spiro atoms. The molecular weight excluding hydrogens is 459 g/mol. The fraction of sp³-hybridized carbons (Fsp3) is 0.409. The number of nitrogens with zero attached hydrogens (tertiary/aromatic N) is 1. The topological polar surface area (TPSA) is 75.7 Å². The quantitative estimate of drug-likeness (QED) is 0.630. The Morgan fingerprint density at radius 2 is 1.87 bits per heavy atom. The standard InChI is InChI=1S/C22H26Cl2N2O4S/c1-15(17-8-3-4-11-21(17)30-2)25-22(27)16-7-6-12-26(13-16)31(28,29)14-18-19(23)9-5-10-20(18)24/h3-5,8-11,15-16H,6-7,12-14H2,1-2H3,(H,25,27). The van der Waals surface area contributed by atoms with Crippen LogP contribution >= 0.6 is 23.2 Å². The van der Waals surface area contributed by atoms with Crippen molar-refractivity contribution in [1.82, 2.24) is 9.62 Å². The van der Waals surface area contributed by atoms with E-state index in [-0.39, 0.29) is 24.2 Å². The van der Waals surface area contributed by atoms with Crippen molar-refractivity contribution in [2.75, 3.05) is 20.2 Å². The van der Waals surface area contributed by atoms with E-state index in [0.29, 0.717) is 40.7 Å². The molecule has 0 radical (unpaired) electrons. The largest absolute Gasteiger partial charge is 0.496 e. The maximum absolute atomic E-state index is 13.0. The minimum absolute atomic E-state index is 0.134. The van der Waals surface area contributed by atoms with Crippen molar-refractivity contribution in [1.29, 1.82) is 0 Å². The van der Waals surface area contributed by atoms with Crippen LogP contribution in [0, 0.1) is 5.92 Å². The molecule has 2 atom stereocenters. The molecule has 0 aromatic heterocycles. The van der Waals surface area contributed by atoms with E-state index in [2.05, 4.69) is 5.32 Å². The number of hydrogen-bond acceptors (Lipinski definition) is 4. The van der Waals surface area contributed by atoms with Gasteiger partial charge < -0.3 is 10.1 Å². The van der Waals surface area contributed by atoms with Crippen LogP contribution in [-0.2, 0) is 20.6 Å². The summed E-state index contributed by atoms with van der Waals surface area (Å²) in [4.78, 5) is 12.9. The van der Waals surface area contributed by atoms with Gasteiger partial charge in [-0.25, -0.2) is 12.7 Å². The second kappa shape index (κ2) is 10.2. The highest BCUT2D eigenvalue weighted by molar-refractivity contribution is 7.88. The maximum Gasteiger partial charge on any atom is 0.224 e. The summed E-state index contributed by atoms with van der Waals surface area (Å²) in [6.45, 7) is 2.39. The van der Waals surface area contributed by atoms with Crippen LogP contribution in [0.3, 0.4) is 0 Å². The zero-order chi connectivity index (χ0) is 22.6. The predicted octanol–water partition coefficient (Wildman–Crippen LogP) is 4.42. The van der Waals surface area contributed by atoms with Crippen molar-refractivity contribution in [3.05, 3.63) is 63.6 Å². The highest BCUT2D eigenvalue weighted by atomic mass is 35.5. The molecular formula is C22H26Cl2N2O4S. The molecule has 0 saturated carbocycles. The Morgan fingerprint density at radius 3 is 2.55 bits per heavy atom. The molecule has 1 amide bonds. The van der Waals surface area contributed by atoms with Gasteiger partial charge in [0.25, 0.3) is 0 Å². The summed E-state index contributed by atoms with van der Waals surface area (Å²) in [7, 11) is -2.09. The smallest absolute Gasteiger partial charge is 0.224 e. The lowest BCUT2D eigenvalue weighted by atomic mass is 9.97. The summed E-state index contributed by atoms with van der Waals surface area (Å²) in [6, 6.07) is 12.1. The SMILES string of the molecule is COc1ccccc1C(C)NC(=O)C1CCCN(S(=O)(=O)Cc2c(Cl)cccc2Cl)C1. The predicted molar refractivity (Wildman–Crippen MR) is 123 cm³/mol. The second-order valence-corrected chi connectivity index (χ2v) is 10.4. The van der Waals surface area contributed by atoms with E-state index in [9.17, 15) is 13.2 Å². The lowest BCUT2D eigenvalue weighted by molar-refractivity contribution is -0.126. The molecule has 0 bridgehead atoms. The average Bonchev–Trinajstić information content (AvgIpc) is 2.76. The third-order valence-corrected chi connectivity index (χ3v) is 7.98. The Labute approximate surface area is 193 Å². The summed E-state index contributed by atoms with van der Waals surface area (Å²) in [5.74, 6) is -0.200. The van der Waals surface area contributed by atoms with Crippen molar-refractivity contribution in [2.24, 2.45) is 5.92 Å². The van der Waals surface area contributed by atoms with E-state index >= 15 is 0 Å². The van der Waals surface area contributed by atoms with Gasteiger partial charge >= 0.3 is 0 Å². The van der Waals surface area contributed by atoms with Crippen molar-refractivity contribution in [3.8, 4) is 5.75 Å².